The van der Waals surface area contributed by atoms with Crippen molar-refractivity contribution < 1.29 is 18.3 Å². The zero-order chi connectivity index (χ0) is 94.2. The molecule has 0 aliphatic heterocycles. The summed E-state index contributed by atoms with van der Waals surface area (Å²) < 4.78 is 18.0. The number of benzene rings is 11. The van der Waals surface area contributed by atoms with E-state index in [1.54, 1.807) is 0 Å². The van der Waals surface area contributed by atoms with Crippen molar-refractivity contribution in [2.24, 2.45) is 56.4 Å². The van der Waals surface area contributed by atoms with Crippen LogP contribution in [0.5, 0.6) is 0 Å². The normalized spacial score (nSPS) is 12.5. The fourth-order valence-corrected chi connectivity index (χ4v) is 21.6. The molecule has 1 aliphatic carbocycles. The van der Waals surface area contributed by atoms with Gasteiger partial charge in [0.25, 0.3) is 0 Å². The van der Waals surface area contributed by atoms with Crippen LogP contribution in [-0.4, -0.2) is 38.2 Å². The van der Waals surface area contributed by atoms with Gasteiger partial charge in [0.15, 0.2) is 24.8 Å². The maximum absolute atomic E-state index is 5.13. The molecule has 682 valence electrons. The Bertz CT molecular complexity index is 7870. The lowest BCUT2D eigenvalue weighted by molar-refractivity contribution is -0.661. The van der Waals surface area contributed by atoms with Crippen LogP contribution in [0.3, 0.4) is 0 Å². The minimum absolute atomic E-state index is 0. The highest BCUT2D eigenvalue weighted by Crippen LogP contribution is 2.55. The second-order valence-corrected chi connectivity index (χ2v) is 39.7. The van der Waals surface area contributed by atoms with Crippen LogP contribution in [0.25, 0.3) is 167 Å². The van der Waals surface area contributed by atoms with E-state index in [-0.39, 0.29) is 25.7 Å². The summed E-state index contributed by atoms with van der Waals surface area (Å²) in [6.45, 7) is 49.2. The summed E-state index contributed by atoms with van der Waals surface area (Å²) in [6, 6.07) is 75.7. The Morgan fingerprint density at radius 1 is 0.299 bits per heavy atom. The first-order valence-electron chi connectivity index (χ1n) is 46.9. The molecule has 0 amide bonds. The molecule has 0 unspecified atom stereocenters. The van der Waals surface area contributed by atoms with Gasteiger partial charge in [-0.2, -0.15) is 0 Å². The lowest BCUT2D eigenvalue weighted by atomic mass is 9.55. The number of aryl methyl sites for hydroxylation is 19. The molecule has 0 spiro atoms. The molecule has 0 atom stereocenters. The molecule has 0 bridgehead atoms. The number of pyridine rings is 4. The summed E-state index contributed by atoms with van der Waals surface area (Å²) in [5, 5.41) is 3.83. The highest BCUT2D eigenvalue weighted by atomic mass is 15.1. The smallest absolute Gasteiger partial charge is 0.220 e. The zero-order valence-corrected chi connectivity index (χ0v) is 83.5. The van der Waals surface area contributed by atoms with Crippen LogP contribution in [0.15, 0.2) is 231 Å². The van der Waals surface area contributed by atoms with E-state index >= 15 is 0 Å². The first-order chi connectivity index (χ1) is 62.8. The van der Waals surface area contributed by atoms with Gasteiger partial charge < -0.3 is 18.3 Å². The van der Waals surface area contributed by atoms with Crippen LogP contribution < -0.4 is 18.3 Å². The van der Waals surface area contributed by atoms with Crippen molar-refractivity contribution in [3.8, 4) is 102 Å². The molecular formula is C122H138N12+4. The molecule has 12 nitrogen and oxygen atoms in total. The van der Waals surface area contributed by atoms with E-state index in [0.717, 1.165) is 45.4 Å². The van der Waals surface area contributed by atoms with E-state index in [9.17, 15) is 0 Å². The zero-order valence-electron chi connectivity index (χ0n) is 83.5. The average Bonchev–Trinajstić information content (AvgIpc) is 1.45. The Kier molecular flexibility index (Phi) is 25.8. The number of hydrogen-bond donors (Lipinski definition) is 0. The van der Waals surface area contributed by atoms with Gasteiger partial charge in [-0.15, -0.1) is 0 Å². The Labute approximate surface area is 796 Å². The van der Waals surface area contributed by atoms with Gasteiger partial charge in [-0.3, -0.25) is 0 Å². The van der Waals surface area contributed by atoms with Crippen molar-refractivity contribution in [3.63, 3.8) is 0 Å². The molecule has 20 rings (SSSR count). The molecule has 0 radical (unpaired) electrons. The third-order valence-electron chi connectivity index (χ3n) is 29.4. The van der Waals surface area contributed by atoms with Crippen LogP contribution >= 0.6 is 0 Å². The lowest BCUT2D eigenvalue weighted by Gasteiger charge is -2.47. The maximum atomic E-state index is 5.13. The Balaban J connectivity index is 0.000000136. The molecule has 8 aromatic heterocycles. The molecular weight excluding hydrogens is 1630 g/mol. The van der Waals surface area contributed by atoms with Crippen LogP contribution in [0.4, 0.5) is 0 Å². The van der Waals surface area contributed by atoms with Crippen molar-refractivity contribution in [2.75, 3.05) is 0 Å². The molecule has 12 heteroatoms. The van der Waals surface area contributed by atoms with Crippen LogP contribution in [0, 0.1) is 96.9 Å². The van der Waals surface area contributed by atoms with E-state index in [1.807, 2.05) is 0 Å². The van der Waals surface area contributed by atoms with Gasteiger partial charge in [0.05, 0.1) is 55.1 Å². The summed E-state index contributed by atoms with van der Waals surface area (Å²) in [7, 11) is 17.1. The molecule has 19 aromatic rings. The van der Waals surface area contributed by atoms with E-state index in [0.29, 0.717) is 11.8 Å². The summed E-state index contributed by atoms with van der Waals surface area (Å²) >= 11 is 0. The van der Waals surface area contributed by atoms with Gasteiger partial charge >= 0.3 is 0 Å². The van der Waals surface area contributed by atoms with E-state index in [2.05, 4.69) is 476 Å². The number of rotatable bonds is 10. The summed E-state index contributed by atoms with van der Waals surface area (Å²) in [4.78, 5) is 20.4. The van der Waals surface area contributed by atoms with Gasteiger partial charge in [0, 0.05) is 114 Å². The topological polar surface area (TPSA) is 86.8 Å². The van der Waals surface area contributed by atoms with E-state index < -0.39 is 0 Å². The van der Waals surface area contributed by atoms with Crippen molar-refractivity contribution >= 4 is 65.8 Å². The molecule has 1 aliphatic rings. The molecule has 8 heterocycles. The molecule has 134 heavy (non-hydrogen) atoms. The predicted molar refractivity (Wildman–Crippen MR) is 566 cm³/mol. The standard InChI is InChI=1S/C35H40N3.C31H32N3.C29H34N3.C25H24N3.2CH4/c1-21(2)27-12-10-13-28(22(3)4)33(27)26-16-17-37(8)31(20-26)29-14-11-15-30(25(29)7)35-36-34-24(6)18-23(5)19-32(34)38(35)9;1-19-16-22(4)30-28(17-19)34(7)31(32-30)26-13-9-12-25(23(26)5)27-15-14-24(18-33(27)6)29-20(2)10-8-11-21(29)3;1-17-15-18(2)25-23(16-17)32(9)27(30-25)20-12-13-21-24(19(20)3)26-22(11-10-14-31(26)8)29(6,7)28(21,4)5;1-15-13-16(2)23-21(14-15)28(5)25(26-23)20-11-10-18-8-9-19-7-6-12-27(4)24(19)22(18)17(20)3;;/h10-22H,1-9H3;8-18H,1-7H3;10-16H,1-9H3;6-14H,1-5H3;2*1H4/q4*+1;;. The number of aromatic nitrogens is 12. The quantitative estimate of drug-likeness (QED) is 0.101. The van der Waals surface area contributed by atoms with Crippen LogP contribution in [0.2, 0.25) is 0 Å². The summed E-state index contributed by atoms with van der Waals surface area (Å²) in [5.41, 5.74) is 51.3. The second kappa shape index (κ2) is 36.4. The van der Waals surface area contributed by atoms with Crippen LogP contribution in [-0.2, 0) is 67.2 Å². The first kappa shape index (κ1) is 95.0. The second-order valence-electron chi connectivity index (χ2n) is 39.7. The molecule has 11 aromatic carbocycles. The minimum Gasteiger partial charge on any atom is -0.327 e. The maximum Gasteiger partial charge on any atom is 0.220 e. The number of imidazole rings is 4. The molecule has 0 saturated carbocycles. The van der Waals surface area contributed by atoms with Gasteiger partial charge in [-0.1, -0.05) is 186 Å². The fourth-order valence-electron chi connectivity index (χ4n) is 21.6. The molecule has 0 fully saturated rings. The molecule has 0 saturated heterocycles. The van der Waals surface area contributed by atoms with Crippen molar-refractivity contribution in [1.29, 1.82) is 0 Å². The van der Waals surface area contributed by atoms with Crippen LogP contribution in [0.1, 0.15) is 182 Å². The summed E-state index contributed by atoms with van der Waals surface area (Å²) in [5.74, 6) is 5.00. The number of nitrogens with zero attached hydrogens (tertiary/aromatic N) is 12. The predicted octanol–water partition coefficient (Wildman–Crippen LogP) is 28.3. The Morgan fingerprint density at radius 2 is 0.694 bits per heavy atom. The minimum atomic E-state index is 0. The van der Waals surface area contributed by atoms with Gasteiger partial charge in [0.1, 0.15) is 51.5 Å². The largest absolute Gasteiger partial charge is 0.327 e. The van der Waals surface area contributed by atoms with Gasteiger partial charge in [-0.25, -0.2) is 38.2 Å². The van der Waals surface area contributed by atoms with E-state index in [1.165, 1.54) is 222 Å². The Hall–Kier alpha value is -13.6. The van der Waals surface area contributed by atoms with Gasteiger partial charge in [0.2, 0.25) is 22.6 Å². The van der Waals surface area contributed by atoms with Crippen molar-refractivity contribution in [2.45, 2.75) is 190 Å². The number of hydrogen-bond acceptors (Lipinski definition) is 4. The van der Waals surface area contributed by atoms with Gasteiger partial charge in [-0.05, 0) is 292 Å². The third kappa shape index (κ3) is 16.3. The Morgan fingerprint density at radius 3 is 1.16 bits per heavy atom. The summed E-state index contributed by atoms with van der Waals surface area (Å²) in [6.07, 6.45) is 8.75. The van der Waals surface area contributed by atoms with Crippen molar-refractivity contribution in [3.05, 3.63) is 331 Å². The van der Waals surface area contributed by atoms with Crippen molar-refractivity contribution in [1.82, 2.24) is 38.2 Å². The first-order valence-corrected chi connectivity index (χ1v) is 46.9. The third-order valence-corrected chi connectivity index (χ3v) is 29.4. The highest BCUT2D eigenvalue weighted by molar-refractivity contribution is 6.07. The SMILES string of the molecule is C.C.Cc1cc(C)c2nc(-c3ccc4c(c3C)-c3c(ccc[n+]3C)C(C)(C)C4(C)C)n(C)c2c1.Cc1cc(C)c2nc(-c3ccc4ccc5ccc[n+](C)c5c4c3C)n(C)c2c1.Cc1cc(C)c2nc(-c3cccc(-c4cc(-c5c(C(C)C)cccc5C(C)C)cc[n+]4C)c3C)n(C)c2c1.Cc1cc(C)c2nc(-c3cccc(-c4ccc(-c5c(C)cccc5C)c[n+]4C)c3C)n(C)c2c1. The number of fused-ring (bicyclic) bond motifs is 10. The lowest BCUT2D eigenvalue weighted by Crippen LogP contribution is -2.48. The fraction of sp³-hybridized carbons (Fsp3) is 0.295. The van der Waals surface area contributed by atoms with E-state index in [4.69, 9.17) is 19.9 Å². The monoisotopic (exact) mass is 1770 g/mol. The highest BCUT2D eigenvalue weighted by Gasteiger charge is 2.50. The molecule has 0 N–H and O–H groups in total. The average molecular weight is 1770 g/mol.